The van der Waals surface area contributed by atoms with E-state index in [2.05, 4.69) is 32.9 Å². The number of imidazole rings is 1. The Kier molecular flexibility index (Phi) is 5.06. The highest BCUT2D eigenvalue weighted by Crippen LogP contribution is 2.21. The molecule has 6 heteroatoms. The Balaban J connectivity index is 1.51. The van der Waals surface area contributed by atoms with Gasteiger partial charge in [0, 0.05) is 21.7 Å². The maximum absolute atomic E-state index is 12.7. The van der Waals surface area contributed by atoms with Gasteiger partial charge in [-0.3, -0.25) is 4.79 Å². The lowest BCUT2D eigenvalue weighted by atomic mass is 10.2. The lowest BCUT2D eigenvalue weighted by Gasteiger charge is -2.11. The van der Waals surface area contributed by atoms with Crippen molar-refractivity contribution in [2.75, 3.05) is 5.32 Å². The van der Waals surface area contributed by atoms with Gasteiger partial charge in [0.15, 0.2) is 0 Å². The average Bonchev–Trinajstić information content (AvgIpc) is 3.09. The van der Waals surface area contributed by atoms with E-state index < -0.39 is 0 Å². The van der Waals surface area contributed by atoms with Crippen LogP contribution in [0.4, 0.5) is 5.69 Å². The summed E-state index contributed by atoms with van der Waals surface area (Å²) in [5.74, 6) is 0.320. The number of hydrogen-bond donors (Lipinski definition) is 1. The molecule has 0 saturated heterocycles. The smallest absolute Gasteiger partial charge is 0.259 e. The SMILES string of the molecule is O=C(Nc1cccc(I)c1)c1ccccc1OCc1cn2ccccc2n1. The zero-order valence-corrected chi connectivity index (χ0v) is 16.5. The Hall–Kier alpha value is -2.87. The van der Waals surface area contributed by atoms with Crippen molar-refractivity contribution in [1.82, 2.24) is 9.38 Å². The number of pyridine rings is 1. The number of ether oxygens (including phenoxy) is 1. The summed E-state index contributed by atoms with van der Waals surface area (Å²) in [5, 5.41) is 2.92. The molecule has 27 heavy (non-hydrogen) atoms. The number of amides is 1. The number of anilines is 1. The molecule has 0 saturated carbocycles. The normalized spacial score (nSPS) is 10.7. The minimum atomic E-state index is -0.206. The number of fused-ring (bicyclic) bond motifs is 1. The Labute approximate surface area is 170 Å². The Morgan fingerprint density at radius 3 is 2.78 bits per heavy atom. The van der Waals surface area contributed by atoms with Gasteiger partial charge in [0.1, 0.15) is 18.0 Å². The summed E-state index contributed by atoms with van der Waals surface area (Å²) in [6.07, 6.45) is 3.86. The number of carbonyl (C=O) groups is 1. The van der Waals surface area contributed by atoms with E-state index in [1.807, 2.05) is 71.4 Å². The van der Waals surface area contributed by atoms with E-state index in [1.54, 1.807) is 12.1 Å². The average molecular weight is 469 g/mol. The van der Waals surface area contributed by atoms with Crippen molar-refractivity contribution in [2.24, 2.45) is 0 Å². The standard InChI is InChI=1S/C21H16IN3O2/c22-15-6-5-7-16(12-15)24-21(26)18-8-1-2-9-19(18)27-14-17-13-25-11-4-3-10-20(25)23-17/h1-13H,14H2,(H,24,26). The molecule has 0 spiro atoms. The molecule has 0 aliphatic carbocycles. The van der Waals surface area contributed by atoms with Crippen molar-refractivity contribution >= 4 is 39.8 Å². The fraction of sp³-hybridized carbons (Fsp3) is 0.0476. The maximum Gasteiger partial charge on any atom is 0.259 e. The van der Waals surface area contributed by atoms with E-state index in [9.17, 15) is 4.79 Å². The third-order valence-electron chi connectivity index (χ3n) is 4.00. The molecule has 0 aliphatic heterocycles. The van der Waals surface area contributed by atoms with Crippen LogP contribution in [-0.2, 0) is 6.61 Å². The van der Waals surface area contributed by atoms with Gasteiger partial charge in [0.05, 0.1) is 11.3 Å². The summed E-state index contributed by atoms with van der Waals surface area (Å²) in [5.41, 5.74) is 2.90. The molecule has 134 valence electrons. The molecule has 0 bridgehead atoms. The van der Waals surface area contributed by atoms with Gasteiger partial charge < -0.3 is 14.5 Å². The molecule has 0 aliphatic rings. The highest BCUT2D eigenvalue weighted by atomic mass is 127. The van der Waals surface area contributed by atoms with E-state index in [4.69, 9.17) is 4.74 Å². The van der Waals surface area contributed by atoms with E-state index in [1.165, 1.54) is 0 Å². The number of halogens is 1. The van der Waals surface area contributed by atoms with Crippen LogP contribution in [0.2, 0.25) is 0 Å². The van der Waals surface area contributed by atoms with Crippen LogP contribution in [0.3, 0.4) is 0 Å². The predicted molar refractivity (Wildman–Crippen MR) is 113 cm³/mol. The molecule has 0 atom stereocenters. The summed E-state index contributed by atoms with van der Waals surface area (Å²) in [4.78, 5) is 17.2. The Bertz CT molecular complexity index is 1070. The molecule has 0 radical (unpaired) electrons. The molecule has 4 aromatic rings. The van der Waals surface area contributed by atoms with E-state index >= 15 is 0 Å². The van der Waals surface area contributed by atoms with Crippen LogP contribution in [0.15, 0.2) is 79.1 Å². The van der Waals surface area contributed by atoms with E-state index in [-0.39, 0.29) is 12.5 Å². The third kappa shape index (κ3) is 4.11. The first-order valence-corrected chi connectivity index (χ1v) is 9.48. The van der Waals surface area contributed by atoms with E-state index in [0.29, 0.717) is 11.3 Å². The van der Waals surface area contributed by atoms with Gasteiger partial charge in [-0.2, -0.15) is 0 Å². The fourth-order valence-electron chi connectivity index (χ4n) is 2.75. The molecular formula is C21H16IN3O2. The molecule has 0 fully saturated rings. The quantitative estimate of drug-likeness (QED) is 0.429. The molecule has 4 rings (SSSR count). The van der Waals surface area contributed by atoms with Crippen molar-refractivity contribution < 1.29 is 9.53 Å². The highest BCUT2D eigenvalue weighted by Gasteiger charge is 2.13. The maximum atomic E-state index is 12.7. The van der Waals surface area contributed by atoms with Crippen LogP contribution in [0.25, 0.3) is 5.65 Å². The molecule has 0 unspecified atom stereocenters. The number of benzene rings is 2. The number of rotatable bonds is 5. The van der Waals surface area contributed by atoms with Gasteiger partial charge in [0.25, 0.3) is 5.91 Å². The monoisotopic (exact) mass is 469 g/mol. The van der Waals surface area contributed by atoms with Gasteiger partial charge in [0.2, 0.25) is 0 Å². The summed E-state index contributed by atoms with van der Waals surface area (Å²) >= 11 is 2.21. The number of aromatic nitrogens is 2. The minimum absolute atomic E-state index is 0.206. The summed E-state index contributed by atoms with van der Waals surface area (Å²) in [7, 11) is 0. The summed E-state index contributed by atoms with van der Waals surface area (Å²) in [6.45, 7) is 0.287. The van der Waals surface area contributed by atoms with Gasteiger partial charge in [-0.1, -0.05) is 24.3 Å². The van der Waals surface area contributed by atoms with Crippen molar-refractivity contribution in [3.05, 3.63) is 94.0 Å². The van der Waals surface area contributed by atoms with Crippen LogP contribution in [0, 0.1) is 3.57 Å². The number of hydrogen-bond acceptors (Lipinski definition) is 3. The first kappa shape index (κ1) is 17.5. The number of carbonyl (C=O) groups excluding carboxylic acids is 1. The van der Waals surface area contributed by atoms with Crippen molar-refractivity contribution in [3.63, 3.8) is 0 Å². The topological polar surface area (TPSA) is 55.6 Å². The lowest BCUT2D eigenvalue weighted by Crippen LogP contribution is -2.13. The fourth-order valence-corrected chi connectivity index (χ4v) is 3.30. The van der Waals surface area contributed by atoms with Crippen molar-refractivity contribution in [1.29, 1.82) is 0 Å². The number of para-hydroxylation sites is 1. The van der Waals surface area contributed by atoms with Gasteiger partial charge in [-0.15, -0.1) is 0 Å². The third-order valence-corrected chi connectivity index (χ3v) is 4.67. The van der Waals surface area contributed by atoms with E-state index in [0.717, 1.165) is 20.6 Å². The largest absolute Gasteiger partial charge is 0.486 e. The number of nitrogens with one attached hydrogen (secondary N) is 1. The lowest BCUT2D eigenvalue weighted by molar-refractivity contribution is 0.102. The highest BCUT2D eigenvalue weighted by molar-refractivity contribution is 14.1. The van der Waals surface area contributed by atoms with Crippen molar-refractivity contribution in [2.45, 2.75) is 6.61 Å². The number of nitrogens with zero attached hydrogens (tertiary/aromatic N) is 2. The van der Waals surface area contributed by atoms with Crippen LogP contribution < -0.4 is 10.1 Å². The molecule has 2 aromatic heterocycles. The molecule has 2 aromatic carbocycles. The predicted octanol–water partition coefficient (Wildman–Crippen LogP) is 4.77. The van der Waals surface area contributed by atoms with Crippen LogP contribution in [-0.4, -0.2) is 15.3 Å². The molecule has 2 heterocycles. The molecule has 5 nitrogen and oxygen atoms in total. The second-order valence-corrected chi connectivity index (χ2v) is 7.19. The molecule has 1 N–H and O–H groups in total. The summed E-state index contributed by atoms with van der Waals surface area (Å²) < 4.78 is 8.89. The van der Waals surface area contributed by atoms with Gasteiger partial charge in [-0.25, -0.2) is 4.98 Å². The van der Waals surface area contributed by atoms with Crippen LogP contribution >= 0.6 is 22.6 Å². The van der Waals surface area contributed by atoms with Crippen LogP contribution in [0.5, 0.6) is 5.75 Å². The van der Waals surface area contributed by atoms with Gasteiger partial charge >= 0.3 is 0 Å². The second kappa shape index (κ2) is 7.79. The Morgan fingerprint density at radius 1 is 1.07 bits per heavy atom. The zero-order valence-electron chi connectivity index (χ0n) is 14.3. The van der Waals surface area contributed by atoms with Crippen molar-refractivity contribution in [3.8, 4) is 5.75 Å². The zero-order chi connectivity index (χ0) is 18.6. The molecule has 1 amide bonds. The Morgan fingerprint density at radius 2 is 1.93 bits per heavy atom. The molecular weight excluding hydrogens is 453 g/mol. The summed E-state index contributed by atoms with van der Waals surface area (Å²) in [6, 6.07) is 20.7. The minimum Gasteiger partial charge on any atom is -0.486 e. The van der Waals surface area contributed by atoms with Crippen LogP contribution in [0.1, 0.15) is 16.1 Å². The van der Waals surface area contributed by atoms with Gasteiger partial charge in [-0.05, 0) is 65.1 Å². The first-order valence-electron chi connectivity index (χ1n) is 8.40. The first-order chi connectivity index (χ1) is 13.2. The second-order valence-electron chi connectivity index (χ2n) is 5.95.